The zero-order valence-electron chi connectivity index (χ0n) is 11.5. The second-order valence-corrected chi connectivity index (χ2v) is 4.31. The third kappa shape index (κ3) is 6.06. The number of aliphatic carboxylic acids is 1. The van der Waals surface area contributed by atoms with Crippen LogP contribution in [0, 0.1) is 0 Å². The van der Waals surface area contributed by atoms with Crippen LogP contribution in [-0.2, 0) is 16.1 Å². The molecule has 0 aliphatic heterocycles. The lowest BCUT2D eigenvalue weighted by molar-refractivity contribution is -0.138. The number of methoxy groups -OCH3 is 1. The summed E-state index contributed by atoms with van der Waals surface area (Å²) < 4.78 is 5.27. The van der Waals surface area contributed by atoms with Crippen LogP contribution in [0.1, 0.15) is 18.9 Å². The smallest absolute Gasteiger partial charge is 0.317 e. The van der Waals surface area contributed by atoms with Gasteiger partial charge < -0.3 is 9.84 Å². The average molecular weight is 263 g/mol. The molecule has 0 spiro atoms. The Morgan fingerprint density at radius 1 is 1.32 bits per heavy atom. The molecule has 0 saturated carbocycles. The van der Waals surface area contributed by atoms with Crippen LogP contribution in [0.25, 0.3) is 0 Å². The normalized spacial score (nSPS) is 11.6. The molecule has 4 nitrogen and oxygen atoms in total. The van der Waals surface area contributed by atoms with Crippen LogP contribution < -0.4 is 0 Å². The molecule has 0 radical (unpaired) electrons. The fraction of sp³-hybridized carbons (Fsp3) is 0.400. The Morgan fingerprint density at radius 3 is 2.53 bits per heavy atom. The van der Waals surface area contributed by atoms with Crippen LogP contribution in [0.2, 0.25) is 0 Å². The molecular weight excluding hydrogens is 242 g/mol. The van der Waals surface area contributed by atoms with Gasteiger partial charge in [0.05, 0.1) is 20.2 Å². The Kier molecular flexibility index (Phi) is 6.68. The van der Waals surface area contributed by atoms with Crippen LogP contribution in [0.15, 0.2) is 42.2 Å². The fourth-order valence-corrected chi connectivity index (χ4v) is 1.86. The van der Waals surface area contributed by atoms with E-state index in [-0.39, 0.29) is 6.54 Å². The number of hydrogen-bond donors (Lipinski definition) is 1. The molecular formula is C15H21NO3. The van der Waals surface area contributed by atoms with Gasteiger partial charge in [0.15, 0.2) is 0 Å². The van der Waals surface area contributed by atoms with E-state index >= 15 is 0 Å². The quantitative estimate of drug-likeness (QED) is 0.732. The Labute approximate surface area is 114 Å². The number of carboxylic acid groups (broad SMARTS) is 1. The highest BCUT2D eigenvalue weighted by atomic mass is 16.5. The van der Waals surface area contributed by atoms with Crippen molar-refractivity contribution in [2.45, 2.75) is 19.9 Å². The van der Waals surface area contributed by atoms with Crippen molar-refractivity contribution < 1.29 is 14.6 Å². The third-order valence-electron chi connectivity index (χ3n) is 2.68. The first-order valence-corrected chi connectivity index (χ1v) is 6.36. The largest absolute Gasteiger partial charge is 0.500 e. The van der Waals surface area contributed by atoms with Crippen LogP contribution >= 0.6 is 0 Å². The maximum absolute atomic E-state index is 10.9. The highest BCUT2D eigenvalue weighted by Crippen LogP contribution is 2.08. The second-order valence-electron chi connectivity index (χ2n) is 4.31. The van der Waals surface area contributed by atoms with E-state index in [1.54, 1.807) is 7.11 Å². The van der Waals surface area contributed by atoms with E-state index in [4.69, 9.17) is 9.84 Å². The number of hydrogen-bond acceptors (Lipinski definition) is 3. The van der Waals surface area contributed by atoms with E-state index in [1.807, 2.05) is 48.2 Å². The van der Waals surface area contributed by atoms with E-state index in [0.29, 0.717) is 13.1 Å². The summed E-state index contributed by atoms with van der Waals surface area (Å²) in [7, 11) is 1.61. The summed E-state index contributed by atoms with van der Waals surface area (Å²) in [6.45, 7) is 3.13. The molecule has 0 saturated heterocycles. The fourth-order valence-electron chi connectivity index (χ4n) is 1.86. The summed E-state index contributed by atoms with van der Waals surface area (Å²) in [4.78, 5) is 12.8. The first-order chi connectivity index (χ1) is 9.15. The molecule has 0 unspecified atom stereocenters. The van der Waals surface area contributed by atoms with E-state index in [2.05, 4.69) is 0 Å². The second kappa shape index (κ2) is 8.32. The zero-order valence-corrected chi connectivity index (χ0v) is 11.5. The third-order valence-corrected chi connectivity index (χ3v) is 2.68. The van der Waals surface area contributed by atoms with Gasteiger partial charge >= 0.3 is 5.97 Å². The van der Waals surface area contributed by atoms with Crippen molar-refractivity contribution in [3.63, 3.8) is 0 Å². The molecule has 104 valence electrons. The van der Waals surface area contributed by atoms with Crippen molar-refractivity contribution in [3.05, 3.63) is 47.7 Å². The van der Waals surface area contributed by atoms with Crippen LogP contribution in [0.4, 0.5) is 0 Å². The minimum absolute atomic E-state index is 0.000686. The Bertz CT molecular complexity index is 415. The van der Waals surface area contributed by atoms with Gasteiger partial charge in [0.25, 0.3) is 0 Å². The van der Waals surface area contributed by atoms with Gasteiger partial charge in [-0.05, 0) is 18.1 Å². The predicted molar refractivity (Wildman–Crippen MR) is 74.7 cm³/mol. The molecule has 1 N–H and O–H groups in total. The molecule has 0 fully saturated rings. The molecule has 0 bridgehead atoms. The molecule has 1 aromatic carbocycles. The van der Waals surface area contributed by atoms with Crippen molar-refractivity contribution in [2.75, 3.05) is 20.2 Å². The number of rotatable bonds is 8. The summed E-state index contributed by atoms with van der Waals surface area (Å²) in [6.07, 6.45) is 2.84. The standard InChI is InChI=1S/C15H21NO3/c1-3-7-14(19-2)11-16(12-15(17)18)10-13-8-5-4-6-9-13/h4-9H,3,10-12H2,1-2H3,(H,17,18)/b14-7-. The Hall–Kier alpha value is -1.81. The molecule has 0 atom stereocenters. The van der Waals surface area contributed by atoms with Gasteiger partial charge in [0.2, 0.25) is 0 Å². The molecule has 19 heavy (non-hydrogen) atoms. The van der Waals surface area contributed by atoms with Crippen molar-refractivity contribution in [2.24, 2.45) is 0 Å². The van der Waals surface area contributed by atoms with Crippen LogP contribution in [0.5, 0.6) is 0 Å². The zero-order chi connectivity index (χ0) is 14.1. The van der Waals surface area contributed by atoms with Gasteiger partial charge in [0.1, 0.15) is 5.76 Å². The lowest BCUT2D eigenvalue weighted by Crippen LogP contribution is -2.31. The predicted octanol–water partition coefficient (Wildman–Crippen LogP) is 2.51. The molecule has 0 aromatic heterocycles. The van der Waals surface area contributed by atoms with Crippen molar-refractivity contribution >= 4 is 5.97 Å². The Morgan fingerprint density at radius 2 is 2.00 bits per heavy atom. The molecule has 1 aromatic rings. The van der Waals surface area contributed by atoms with Crippen molar-refractivity contribution in [3.8, 4) is 0 Å². The maximum Gasteiger partial charge on any atom is 0.317 e. The van der Waals surface area contributed by atoms with E-state index < -0.39 is 5.97 Å². The molecule has 0 amide bonds. The minimum Gasteiger partial charge on any atom is -0.500 e. The summed E-state index contributed by atoms with van der Waals surface area (Å²) in [5.74, 6) is -0.0254. The number of carboxylic acids is 1. The van der Waals surface area contributed by atoms with Crippen LogP contribution in [0.3, 0.4) is 0 Å². The Balaban J connectivity index is 2.71. The van der Waals surface area contributed by atoms with E-state index in [0.717, 1.165) is 17.7 Å². The van der Waals surface area contributed by atoms with Gasteiger partial charge in [-0.1, -0.05) is 37.3 Å². The number of benzene rings is 1. The lowest BCUT2D eigenvalue weighted by atomic mass is 10.2. The molecule has 0 aliphatic carbocycles. The topological polar surface area (TPSA) is 49.8 Å². The van der Waals surface area contributed by atoms with Gasteiger partial charge in [-0.3, -0.25) is 9.69 Å². The number of allylic oxidation sites excluding steroid dienone is 1. The summed E-state index contributed by atoms with van der Waals surface area (Å²) in [5, 5.41) is 8.98. The van der Waals surface area contributed by atoms with E-state index in [1.165, 1.54) is 0 Å². The monoisotopic (exact) mass is 263 g/mol. The van der Waals surface area contributed by atoms with Crippen molar-refractivity contribution in [1.82, 2.24) is 4.90 Å². The lowest BCUT2D eigenvalue weighted by Gasteiger charge is -2.21. The summed E-state index contributed by atoms with van der Waals surface area (Å²) >= 11 is 0. The van der Waals surface area contributed by atoms with Crippen molar-refractivity contribution in [1.29, 1.82) is 0 Å². The molecule has 0 heterocycles. The van der Waals surface area contributed by atoms with Crippen LogP contribution in [-0.4, -0.2) is 36.2 Å². The highest BCUT2D eigenvalue weighted by Gasteiger charge is 2.12. The van der Waals surface area contributed by atoms with Gasteiger partial charge in [-0.2, -0.15) is 0 Å². The average Bonchev–Trinajstić information content (AvgIpc) is 2.38. The SMILES string of the molecule is CC/C=C(/CN(CC(=O)O)Cc1ccccc1)OC. The number of ether oxygens (including phenoxy) is 1. The minimum atomic E-state index is -0.831. The van der Waals surface area contributed by atoms with E-state index in [9.17, 15) is 4.79 Å². The summed E-state index contributed by atoms with van der Waals surface area (Å²) in [6, 6.07) is 9.83. The van der Waals surface area contributed by atoms with Gasteiger partial charge in [0, 0.05) is 6.54 Å². The maximum atomic E-state index is 10.9. The van der Waals surface area contributed by atoms with Gasteiger partial charge in [-0.25, -0.2) is 0 Å². The van der Waals surface area contributed by atoms with Gasteiger partial charge in [-0.15, -0.1) is 0 Å². The summed E-state index contributed by atoms with van der Waals surface area (Å²) in [5.41, 5.74) is 1.09. The number of carbonyl (C=O) groups is 1. The first-order valence-electron chi connectivity index (χ1n) is 6.36. The molecule has 4 heteroatoms. The molecule has 0 aliphatic rings. The first kappa shape index (κ1) is 15.2. The molecule has 1 rings (SSSR count). The number of nitrogens with zero attached hydrogens (tertiary/aromatic N) is 1. The highest BCUT2D eigenvalue weighted by molar-refractivity contribution is 5.69.